The quantitative estimate of drug-likeness (QED) is 0.698. The molecule has 1 saturated carbocycles. The Balaban J connectivity index is 1.47. The van der Waals surface area contributed by atoms with Crippen molar-refractivity contribution in [1.29, 1.82) is 0 Å². The lowest BCUT2D eigenvalue weighted by Gasteiger charge is -2.52. The summed E-state index contributed by atoms with van der Waals surface area (Å²) in [5, 5.41) is 0. The van der Waals surface area contributed by atoms with Crippen molar-refractivity contribution in [2.75, 3.05) is 46.4 Å². The van der Waals surface area contributed by atoms with Gasteiger partial charge in [-0.2, -0.15) is 13.2 Å². The molecule has 7 nitrogen and oxygen atoms in total. The van der Waals surface area contributed by atoms with Crippen molar-refractivity contribution in [3.05, 3.63) is 0 Å². The maximum atomic E-state index is 12.8. The molecule has 1 aliphatic carbocycles. The number of likely N-dealkylation sites (tertiary alicyclic amines) is 2. The van der Waals surface area contributed by atoms with Crippen LogP contribution in [0.4, 0.5) is 22.8 Å². The van der Waals surface area contributed by atoms with Gasteiger partial charge in [0.1, 0.15) is 6.54 Å². The van der Waals surface area contributed by atoms with Crippen molar-refractivity contribution < 1.29 is 32.2 Å². The Morgan fingerprint density at radius 1 is 1.17 bits per heavy atom. The monoisotopic (exact) mass is 421 g/mol. The molecule has 0 N–H and O–H groups in total. The van der Waals surface area contributed by atoms with Crippen molar-refractivity contribution in [3.8, 4) is 0 Å². The lowest BCUT2D eigenvalue weighted by molar-refractivity contribution is -0.148. The molecule has 29 heavy (non-hydrogen) atoms. The highest BCUT2D eigenvalue weighted by molar-refractivity contribution is 5.68. The maximum Gasteiger partial charge on any atom is 0.410 e. The summed E-state index contributed by atoms with van der Waals surface area (Å²) in [6.45, 7) is 3.66. The second-order valence-electron chi connectivity index (χ2n) is 8.41. The first-order valence-corrected chi connectivity index (χ1v) is 10.2. The first-order chi connectivity index (χ1) is 13.7. The molecule has 3 aliphatic rings. The lowest BCUT2D eigenvalue weighted by atomic mass is 9.64. The highest BCUT2D eigenvalue weighted by atomic mass is 19.4. The number of nitrogens with zero attached hydrogens (tertiary/aromatic N) is 3. The minimum Gasteiger partial charge on any atom is -0.453 e. The van der Waals surface area contributed by atoms with E-state index in [1.165, 1.54) is 0 Å². The molecule has 166 valence electrons. The highest BCUT2D eigenvalue weighted by Gasteiger charge is 2.51. The van der Waals surface area contributed by atoms with Crippen LogP contribution in [0.1, 0.15) is 39.0 Å². The molecule has 0 bridgehead atoms. The highest BCUT2D eigenvalue weighted by Crippen LogP contribution is 2.50. The predicted molar refractivity (Wildman–Crippen MR) is 98.4 cm³/mol. The van der Waals surface area contributed by atoms with Crippen LogP contribution in [0.2, 0.25) is 0 Å². The molecule has 2 saturated heterocycles. The van der Waals surface area contributed by atoms with E-state index in [1.807, 2.05) is 0 Å². The summed E-state index contributed by atoms with van der Waals surface area (Å²) in [5.74, 6) is 0. The minimum absolute atomic E-state index is 0.155. The number of carbonyl (C=O) groups is 2. The first kappa shape index (κ1) is 22.0. The smallest absolute Gasteiger partial charge is 0.410 e. The van der Waals surface area contributed by atoms with E-state index < -0.39 is 24.9 Å². The van der Waals surface area contributed by atoms with Gasteiger partial charge in [0.25, 0.3) is 0 Å². The average molecular weight is 421 g/mol. The van der Waals surface area contributed by atoms with Crippen molar-refractivity contribution in [2.24, 2.45) is 5.41 Å². The number of piperidine rings is 1. The zero-order valence-electron chi connectivity index (χ0n) is 17.0. The molecule has 0 unspecified atom stereocenters. The van der Waals surface area contributed by atoms with Crippen LogP contribution in [-0.2, 0) is 9.47 Å². The third kappa shape index (κ3) is 5.07. The zero-order chi connectivity index (χ0) is 21.2. The van der Waals surface area contributed by atoms with E-state index in [4.69, 9.17) is 4.74 Å². The van der Waals surface area contributed by atoms with Gasteiger partial charge in [-0.1, -0.05) is 0 Å². The van der Waals surface area contributed by atoms with Crippen LogP contribution >= 0.6 is 0 Å². The fraction of sp³-hybridized carbons (Fsp3) is 0.895. The number of hydrogen-bond acceptors (Lipinski definition) is 5. The number of methoxy groups -OCH3 is 1. The molecule has 10 heteroatoms. The van der Waals surface area contributed by atoms with E-state index in [0.29, 0.717) is 38.6 Å². The molecule has 3 rings (SSSR count). The molecule has 2 aliphatic heterocycles. The Morgan fingerprint density at radius 3 is 2.38 bits per heavy atom. The molecule has 1 spiro atoms. The van der Waals surface area contributed by atoms with Gasteiger partial charge >= 0.3 is 18.4 Å². The molecule has 2 heterocycles. The fourth-order valence-corrected chi connectivity index (χ4v) is 5.05. The van der Waals surface area contributed by atoms with Gasteiger partial charge in [-0.15, -0.1) is 0 Å². The Bertz CT molecular complexity index is 602. The number of alkyl halides is 3. The number of halogens is 3. The number of rotatable bonds is 4. The number of carbonyl (C=O) groups excluding carboxylic acids is 2. The summed E-state index contributed by atoms with van der Waals surface area (Å²) in [6.07, 6.45) is -1.64. The molecule has 0 aromatic rings. The average Bonchev–Trinajstić information content (AvgIpc) is 3.10. The molecule has 0 aromatic heterocycles. The fourth-order valence-electron chi connectivity index (χ4n) is 5.05. The van der Waals surface area contributed by atoms with E-state index in [0.717, 1.165) is 44.4 Å². The summed E-state index contributed by atoms with van der Waals surface area (Å²) in [4.78, 5) is 28.6. The van der Waals surface area contributed by atoms with Crippen LogP contribution < -0.4 is 0 Å². The first-order valence-electron chi connectivity index (χ1n) is 10.2. The Kier molecular flexibility index (Phi) is 6.50. The topological polar surface area (TPSA) is 62.3 Å². The summed E-state index contributed by atoms with van der Waals surface area (Å²) in [7, 11) is 1.11. The minimum atomic E-state index is -4.45. The standard InChI is InChI=1S/C19H30F3N3O4/c1-3-29-16(26)24-9-6-18(12-24)10-15(11-18)23-7-4-14(5-8-23)25(17(27)28-2)13-19(20,21)22/h14-15H,3-13H2,1-2H3. The second-order valence-corrected chi connectivity index (χ2v) is 8.41. The van der Waals surface area contributed by atoms with Gasteiger partial charge in [0.05, 0.1) is 13.7 Å². The number of hydrogen-bond donors (Lipinski definition) is 0. The van der Waals surface area contributed by atoms with Gasteiger partial charge in [-0.25, -0.2) is 9.59 Å². The van der Waals surface area contributed by atoms with Gasteiger partial charge in [0, 0.05) is 38.3 Å². The van der Waals surface area contributed by atoms with Crippen LogP contribution in [0.5, 0.6) is 0 Å². The summed E-state index contributed by atoms with van der Waals surface area (Å²) < 4.78 is 48.1. The van der Waals surface area contributed by atoms with E-state index in [9.17, 15) is 22.8 Å². The molecular weight excluding hydrogens is 391 g/mol. The van der Waals surface area contributed by atoms with Gasteiger partial charge in [0.15, 0.2) is 0 Å². The lowest BCUT2D eigenvalue weighted by Crippen LogP contribution is -2.57. The van der Waals surface area contributed by atoms with Gasteiger partial charge < -0.3 is 19.3 Å². The third-order valence-corrected chi connectivity index (χ3v) is 6.52. The second kappa shape index (κ2) is 8.57. The van der Waals surface area contributed by atoms with Crippen LogP contribution in [-0.4, -0.2) is 91.6 Å². The van der Waals surface area contributed by atoms with Crippen molar-refractivity contribution >= 4 is 12.2 Å². The van der Waals surface area contributed by atoms with Gasteiger partial charge in [-0.05, 0) is 44.4 Å². The molecule has 3 fully saturated rings. The summed E-state index contributed by atoms with van der Waals surface area (Å²) >= 11 is 0. The van der Waals surface area contributed by atoms with E-state index in [2.05, 4.69) is 9.64 Å². The summed E-state index contributed by atoms with van der Waals surface area (Å²) in [6, 6.07) is -0.0626. The zero-order valence-corrected chi connectivity index (χ0v) is 17.0. The number of ether oxygens (including phenoxy) is 2. The molecule has 0 aromatic carbocycles. The summed E-state index contributed by atoms with van der Waals surface area (Å²) in [5.41, 5.74) is 0.155. The number of amides is 2. The molecule has 0 radical (unpaired) electrons. The van der Waals surface area contributed by atoms with E-state index in [1.54, 1.807) is 11.8 Å². The molecule has 0 atom stereocenters. The van der Waals surface area contributed by atoms with E-state index in [-0.39, 0.29) is 11.5 Å². The maximum absolute atomic E-state index is 12.8. The van der Waals surface area contributed by atoms with Crippen molar-refractivity contribution in [1.82, 2.24) is 14.7 Å². The Labute approximate surface area is 169 Å². The normalized spacial score (nSPS) is 28.3. The van der Waals surface area contributed by atoms with Gasteiger partial charge in [-0.3, -0.25) is 4.90 Å². The SMILES string of the molecule is CCOC(=O)N1CCC2(CC(N3CCC(N(CC(F)(F)F)C(=O)OC)CC3)C2)C1. The predicted octanol–water partition coefficient (Wildman–Crippen LogP) is 3.09. The van der Waals surface area contributed by atoms with Crippen molar-refractivity contribution in [2.45, 2.75) is 57.3 Å². The van der Waals surface area contributed by atoms with E-state index >= 15 is 0 Å². The van der Waals surface area contributed by atoms with Gasteiger partial charge in [0.2, 0.25) is 0 Å². The third-order valence-electron chi connectivity index (χ3n) is 6.52. The van der Waals surface area contributed by atoms with Crippen molar-refractivity contribution in [3.63, 3.8) is 0 Å². The van der Waals surface area contributed by atoms with Crippen LogP contribution in [0, 0.1) is 5.41 Å². The van der Waals surface area contributed by atoms with Crippen LogP contribution in [0.3, 0.4) is 0 Å². The molecular formula is C19H30F3N3O4. The Morgan fingerprint density at radius 2 is 1.83 bits per heavy atom. The largest absolute Gasteiger partial charge is 0.453 e. The van der Waals surface area contributed by atoms with Crippen LogP contribution in [0.15, 0.2) is 0 Å². The van der Waals surface area contributed by atoms with Crippen LogP contribution in [0.25, 0.3) is 0 Å². The molecule has 2 amide bonds. The Hall–Kier alpha value is -1.71.